The van der Waals surface area contributed by atoms with E-state index in [9.17, 15) is 9.90 Å². The quantitative estimate of drug-likeness (QED) is 0.372. The molecule has 1 atom stereocenters. The Kier molecular flexibility index (Phi) is 15.2. The Bertz CT molecular complexity index is 428. The zero-order chi connectivity index (χ0) is 17.2. The van der Waals surface area contributed by atoms with Gasteiger partial charge in [0.15, 0.2) is 0 Å². The molecule has 0 aliphatic rings. The minimum absolute atomic E-state index is 0.106. The topological polar surface area (TPSA) is 57.5 Å². The number of carboxylic acid groups (broad SMARTS) is 1. The van der Waals surface area contributed by atoms with Crippen molar-refractivity contribution in [2.75, 3.05) is 0 Å². The minimum Gasteiger partial charge on any atom is -0.481 e. The van der Waals surface area contributed by atoms with Crippen LogP contribution in [0.1, 0.15) is 51.9 Å². The molecule has 0 aromatic rings. The van der Waals surface area contributed by atoms with E-state index in [2.05, 4.69) is 43.4 Å². The van der Waals surface area contributed by atoms with Crippen LogP contribution in [0.4, 0.5) is 0 Å². The van der Waals surface area contributed by atoms with Gasteiger partial charge in [-0.3, -0.25) is 4.79 Å². The molecule has 23 heavy (non-hydrogen) atoms. The molecular formula is C20H30O3. The molecule has 0 aromatic carbocycles. The molecular weight excluding hydrogens is 288 g/mol. The molecule has 0 rings (SSSR count). The molecule has 0 aliphatic heterocycles. The molecule has 0 radical (unpaired) electrons. The van der Waals surface area contributed by atoms with Crippen molar-refractivity contribution in [3.05, 3.63) is 60.8 Å². The summed E-state index contributed by atoms with van der Waals surface area (Å²) in [5.74, 6) is -0.820. The molecule has 0 heterocycles. The Hall–Kier alpha value is -1.87. The average molecular weight is 318 g/mol. The van der Waals surface area contributed by atoms with Gasteiger partial charge in [-0.15, -0.1) is 0 Å². The van der Waals surface area contributed by atoms with Crippen LogP contribution in [0, 0.1) is 0 Å². The maximum absolute atomic E-state index is 10.3. The van der Waals surface area contributed by atoms with Gasteiger partial charge in [-0.2, -0.15) is 0 Å². The van der Waals surface area contributed by atoms with Gasteiger partial charge >= 0.3 is 5.97 Å². The van der Waals surface area contributed by atoms with Crippen LogP contribution in [0.5, 0.6) is 0 Å². The monoisotopic (exact) mass is 318 g/mol. The number of aliphatic hydroxyl groups excluding tert-OH is 1. The van der Waals surface area contributed by atoms with Gasteiger partial charge in [0.25, 0.3) is 0 Å². The van der Waals surface area contributed by atoms with Crippen molar-refractivity contribution < 1.29 is 15.0 Å². The van der Waals surface area contributed by atoms with E-state index < -0.39 is 12.1 Å². The smallest absolute Gasteiger partial charge is 0.303 e. The molecule has 0 spiro atoms. The van der Waals surface area contributed by atoms with Crippen molar-refractivity contribution in [3.8, 4) is 0 Å². The van der Waals surface area contributed by atoms with Crippen LogP contribution in [0.2, 0.25) is 0 Å². The third kappa shape index (κ3) is 18.1. The van der Waals surface area contributed by atoms with Crippen molar-refractivity contribution in [2.45, 2.75) is 58.0 Å². The highest BCUT2D eigenvalue weighted by molar-refractivity contribution is 5.66. The number of rotatable bonds is 13. The summed E-state index contributed by atoms with van der Waals surface area (Å²) in [5.41, 5.74) is 0. The summed E-state index contributed by atoms with van der Waals surface area (Å²) in [6.45, 7) is 2.17. The first-order valence-electron chi connectivity index (χ1n) is 8.36. The normalized spacial score (nSPS) is 14.2. The van der Waals surface area contributed by atoms with Crippen LogP contribution in [0.3, 0.4) is 0 Å². The van der Waals surface area contributed by atoms with Gasteiger partial charge in [0.05, 0.1) is 6.10 Å². The van der Waals surface area contributed by atoms with E-state index in [0.717, 1.165) is 19.3 Å². The fraction of sp³-hybridized carbons (Fsp3) is 0.450. The lowest BCUT2D eigenvalue weighted by Gasteiger charge is -2.02. The van der Waals surface area contributed by atoms with Crippen molar-refractivity contribution in [1.29, 1.82) is 0 Å². The first-order chi connectivity index (χ1) is 11.2. The van der Waals surface area contributed by atoms with Crippen LogP contribution in [0.25, 0.3) is 0 Å². The lowest BCUT2D eigenvalue weighted by atomic mass is 10.1. The van der Waals surface area contributed by atoms with E-state index in [-0.39, 0.29) is 6.42 Å². The summed E-state index contributed by atoms with van der Waals surface area (Å²) in [4.78, 5) is 10.3. The Balaban J connectivity index is 3.67. The predicted molar refractivity (Wildman–Crippen MR) is 97.3 cm³/mol. The second kappa shape index (κ2) is 16.5. The van der Waals surface area contributed by atoms with Gasteiger partial charge in [-0.05, 0) is 32.1 Å². The molecule has 0 unspecified atom stereocenters. The molecule has 0 saturated heterocycles. The number of carbonyl (C=O) groups is 1. The van der Waals surface area contributed by atoms with Crippen LogP contribution in [0.15, 0.2) is 60.8 Å². The molecule has 0 aliphatic carbocycles. The van der Waals surface area contributed by atoms with Gasteiger partial charge in [0, 0.05) is 6.42 Å². The molecule has 128 valence electrons. The number of aliphatic carboxylic acids is 1. The van der Waals surface area contributed by atoms with E-state index in [0.29, 0.717) is 12.8 Å². The standard InChI is InChI=1S/C20H30O3/c1-2-3-4-5-6-7-8-9-10-11-12-13-14-16-19(21)17-15-18-20(22)23/h4-7,9-10,12-14,16,19,21H,2-3,8,11,15,17-18H2,1H3,(H,22,23)/b5-4+,7-6-,10-9-,13-12-,16-14+/t19-/m1/s1. The van der Waals surface area contributed by atoms with Crippen molar-refractivity contribution >= 4 is 5.97 Å². The molecule has 3 nitrogen and oxygen atoms in total. The van der Waals surface area contributed by atoms with Crippen LogP contribution < -0.4 is 0 Å². The fourth-order valence-electron chi connectivity index (χ4n) is 1.76. The van der Waals surface area contributed by atoms with Gasteiger partial charge < -0.3 is 10.2 Å². The van der Waals surface area contributed by atoms with E-state index in [1.54, 1.807) is 12.2 Å². The zero-order valence-corrected chi connectivity index (χ0v) is 14.1. The fourth-order valence-corrected chi connectivity index (χ4v) is 1.76. The maximum atomic E-state index is 10.3. The Morgan fingerprint density at radius 1 is 0.957 bits per heavy atom. The SMILES string of the molecule is CCC/C=C/C=C\C/C=C\C/C=C\C=C\[C@@H](O)CCCC(=O)O. The summed E-state index contributed by atoms with van der Waals surface area (Å²) < 4.78 is 0. The van der Waals surface area contributed by atoms with Crippen molar-refractivity contribution in [2.24, 2.45) is 0 Å². The first-order valence-corrected chi connectivity index (χ1v) is 8.36. The Labute approximate surface area is 140 Å². The van der Waals surface area contributed by atoms with Crippen molar-refractivity contribution in [1.82, 2.24) is 0 Å². The summed E-state index contributed by atoms with van der Waals surface area (Å²) in [5, 5.41) is 18.1. The highest BCUT2D eigenvalue weighted by atomic mass is 16.4. The summed E-state index contributed by atoms with van der Waals surface area (Å²) in [7, 11) is 0. The molecule has 0 saturated carbocycles. The highest BCUT2D eigenvalue weighted by Gasteiger charge is 2.01. The lowest BCUT2D eigenvalue weighted by Crippen LogP contribution is -2.03. The molecule has 2 N–H and O–H groups in total. The molecule has 0 bridgehead atoms. The Morgan fingerprint density at radius 3 is 2.17 bits per heavy atom. The van der Waals surface area contributed by atoms with Crippen LogP contribution in [-0.2, 0) is 4.79 Å². The van der Waals surface area contributed by atoms with Crippen molar-refractivity contribution in [3.63, 3.8) is 0 Å². The first kappa shape index (κ1) is 21.1. The maximum Gasteiger partial charge on any atom is 0.303 e. The number of hydrogen-bond donors (Lipinski definition) is 2. The predicted octanol–water partition coefficient (Wildman–Crippen LogP) is 4.96. The van der Waals surface area contributed by atoms with Gasteiger partial charge in [0.2, 0.25) is 0 Å². The third-order valence-electron chi connectivity index (χ3n) is 3.02. The number of hydrogen-bond acceptors (Lipinski definition) is 2. The number of aliphatic hydroxyl groups is 1. The molecule has 0 amide bonds. The largest absolute Gasteiger partial charge is 0.481 e. The molecule has 0 fully saturated rings. The van der Waals surface area contributed by atoms with Gasteiger partial charge in [0.1, 0.15) is 0 Å². The van der Waals surface area contributed by atoms with E-state index in [4.69, 9.17) is 5.11 Å². The third-order valence-corrected chi connectivity index (χ3v) is 3.02. The minimum atomic E-state index is -0.820. The second-order valence-electron chi connectivity index (χ2n) is 5.25. The molecule has 0 aromatic heterocycles. The average Bonchev–Trinajstić information content (AvgIpc) is 2.51. The van der Waals surface area contributed by atoms with Crippen LogP contribution in [-0.4, -0.2) is 22.3 Å². The molecule has 3 heteroatoms. The van der Waals surface area contributed by atoms with Gasteiger partial charge in [-0.25, -0.2) is 0 Å². The summed E-state index contributed by atoms with van der Waals surface area (Å²) in [6, 6.07) is 0. The summed E-state index contributed by atoms with van der Waals surface area (Å²) in [6.07, 6.45) is 24.7. The number of carboxylic acids is 1. The lowest BCUT2D eigenvalue weighted by molar-refractivity contribution is -0.137. The number of allylic oxidation sites excluding steroid dienone is 9. The summed E-state index contributed by atoms with van der Waals surface area (Å²) >= 11 is 0. The van der Waals surface area contributed by atoms with Gasteiger partial charge in [-0.1, -0.05) is 74.1 Å². The van der Waals surface area contributed by atoms with E-state index in [1.165, 1.54) is 6.42 Å². The second-order valence-corrected chi connectivity index (χ2v) is 5.25. The number of unbranched alkanes of at least 4 members (excludes halogenated alkanes) is 1. The highest BCUT2D eigenvalue weighted by Crippen LogP contribution is 2.02. The van der Waals surface area contributed by atoms with E-state index in [1.807, 2.05) is 12.2 Å². The van der Waals surface area contributed by atoms with E-state index >= 15 is 0 Å². The van der Waals surface area contributed by atoms with Crippen LogP contribution >= 0.6 is 0 Å². The zero-order valence-electron chi connectivity index (χ0n) is 14.1. The Morgan fingerprint density at radius 2 is 1.57 bits per heavy atom.